The number of benzene rings is 2. The van der Waals surface area contributed by atoms with Crippen LogP contribution in [0.1, 0.15) is 95.4 Å². The molecule has 1 spiro atoms. The summed E-state index contributed by atoms with van der Waals surface area (Å²) in [6.07, 6.45) is 3.43. The van der Waals surface area contributed by atoms with Crippen molar-refractivity contribution in [1.82, 2.24) is 0 Å². The molecule has 2 aromatic rings. The zero-order chi connectivity index (χ0) is 23.4. The van der Waals surface area contributed by atoms with E-state index in [-0.39, 0.29) is 11.0 Å². The highest BCUT2D eigenvalue weighted by Crippen LogP contribution is 2.58. The second-order valence-corrected chi connectivity index (χ2v) is 11.2. The minimum absolute atomic E-state index is 0.0584. The quantitative estimate of drug-likeness (QED) is 0.495. The number of para-hydroxylation sites is 1. The number of methoxy groups -OCH3 is 2. The summed E-state index contributed by atoms with van der Waals surface area (Å²) in [4.78, 5) is 2.78. The number of anilines is 1. The molecule has 2 aromatic carbocycles. The smallest absolute Gasteiger partial charge is 0.161 e. The number of fused-ring (bicyclic) bond motifs is 2. The van der Waals surface area contributed by atoms with Crippen LogP contribution in [0.15, 0.2) is 30.3 Å². The summed E-state index contributed by atoms with van der Waals surface area (Å²) < 4.78 is 11.3. The number of aryl methyl sites for hydroxylation is 1. The van der Waals surface area contributed by atoms with Gasteiger partial charge in [0.05, 0.1) is 14.2 Å². The molecule has 1 heterocycles. The van der Waals surface area contributed by atoms with Gasteiger partial charge in [-0.05, 0) is 86.3 Å². The Kier molecular flexibility index (Phi) is 5.76. The van der Waals surface area contributed by atoms with E-state index in [9.17, 15) is 0 Å². The van der Waals surface area contributed by atoms with E-state index in [1.807, 2.05) is 0 Å². The third-order valence-corrected chi connectivity index (χ3v) is 8.16. The van der Waals surface area contributed by atoms with Crippen molar-refractivity contribution in [3.8, 4) is 11.5 Å². The molecule has 1 aliphatic carbocycles. The highest BCUT2D eigenvalue weighted by molar-refractivity contribution is 5.67. The fourth-order valence-electron chi connectivity index (χ4n) is 6.76. The Morgan fingerprint density at radius 1 is 0.938 bits per heavy atom. The zero-order valence-electron chi connectivity index (χ0n) is 21.5. The third kappa shape index (κ3) is 3.31. The summed E-state index contributed by atoms with van der Waals surface area (Å²) in [5.74, 6) is 2.67. The van der Waals surface area contributed by atoms with Crippen LogP contribution in [0.5, 0.6) is 11.5 Å². The molecule has 4 rings (SSSR count). The van der Waals surface area contributed by atoms with Gasteiger partial charge in [0.25, 0.3) is 0 Å². The molecule has 3 nitrogen and oxygen atoms in total. The maximum absolute atomic E-state index is 5.73. The van der Waals surface area contributed by atoms with Gasteiger partial charge in [0, 0.05) is 22.7 Å². The van der Waals surface area contributed by atoms with Crippen LogP contribution >= 0.6 is 0 Å². The van der Waals surface area contributed by atoms with Crippen molar-refractivity contribution in [2.45, 2.75) is 96.6 Å². The summed E-state index contributed by atoms with van der Waals surface area (Å²) in [6, 6.07) is 11.8. The van der Waals surface area contributed by atoms with Crippen molar-refractivity contribution in [3.05, 3.63) is 52.6 Å². The lowest BCUT2D eigenvalue weighted by Crippen LogP contribution is -2.45. The molecule has 0 bridgehead atoms. The summed E-state index contributed by atoms with van der Waals surface area (Å²) >= 11 is 0. The molecular formula is C29H41NO2. The maximum atomic E-state index is 5.73. The lowest BCUT2D eigenvalue weighted by molar-refractivity contribution is 0.350. The molecule has 3 heteroatoms. The van der Waals surface area contributed by atoms with E-state index < -0.39 is 0 Å². The van der Waals surface area contributed by atoms with Crippen molar-refractivity contribution in [2.24, 2.45) is 0 Å². The Morgan fingerprint density at radius 3 is 2.03 bits per heavy atom. The first kappa shape index (κ1) is 23.0. The number of hydrogen-bond acceptors (Lipinski definition) is 3. The Labute approximate surface area is 195 Å². The Morgan fingerprint density at radius 2 is 1.50 bits per heavy atom. The summed E-state index contributed by atoms with van der Waals surface area (Å²) in [5.41, 5.74) is 7.48. The molecule has 0 N–H and O–H groups in total. The van der Waals surface area contributed by atoms with Gasteiger partial charge < -0.3 is 14.4 Å². The largest absolute Gasteiger partial charge is 0.493 e. The van der Waals surface area contributed by atoms with Gasteiger partial charge in [-0.1, -0.05) is 45.9 Å². The van der Waals surface area contributed by atoms with Gasteiger partial charge in [-0.3, -0.25) is 0 Å². The van der Waals surface area contributed by atoms with E-state index in [4.69, 9.17) is 9.47 Å². The summed E-state index contributed by atoms with van der Waals surface area (Å²) in [7, 11) is 3.47. The van der Waals surface area contributed by atoms with Crippen LogP contribution in [0.25, 0.3) is 0 Å². The molecule has 2 unspecified atom stereocenters. The normalized spacial score (nSPS) is 24.0. The predicted molar refractivity (Wildman–Crippen MR) is 135 cm³/mol. The Hall–Kier alpha value is -2.16. The van der Waals surface area contributed by atoms with E-state index in [1.165, 1.54) is 34.4 Å². The van der Waals surface area contributed by atoms with Crippen LogP contribution in [0.3, 0.4) is 0 Å². The molecule has 0 saturated carbocycles. The molecular weight excluding hydrogens is 394 g/mol. The number of rotatable bonds is 5. The fraction of sp³-hybridized carbons (Fsp3) is 0.586. The Balaban J connectivity index is 1.90. The minimum Gasteiger partial charge on any atom is -0.493 e. The van der Waals surface area contributed by atoms with Crippen molar-refractivity contribution >= 4 is 5.69 Å². The van der Waals surface area contributed by atoms with Crippen LogP contribution in [0.4, 0.5) is 5.69 Å². The number of ether oxygens (including phenoxy) is 2. The van der Waals surface area contributed by atoms with E-state index >= 15 is 0 Å². The van der Waals surface area contributed by atoms with Gasteiger partial charge in [0.15, 0.2) is 11.5 Å². The monoisotopic (exact) mass is 435 g/mol. The third-order valence-electron chi connectivity index (χ3n) is 8.16. The summed E-state index contributed by atoms with van der Waals surface area (Å²) in [5, 5.41) is 0. The van der Waals surface area contributed by atoms with E-state index in [0.29, 0.717) is 17.9 Å². The van der Waals surface area contributed by atoms with Gasteiger partial charge >= 0.3 is 0 Å². The average Bonchev–Trinajstić information content (AvgIpc) is 3.19. The molecule has 1 aliphatic heterocycles. The topological polar surface area (TPSA) is 21.7 Å². The first-order valence-electron chi connectivity index (χ1n) is 12.2. The maximum Gasteiger partial charge on any atom is 0.161 e. The lowest BCUT2D eigenvalue weighted by Gasteiger charge is -2.42. The lowest BCUT2D eigenvalue weighted by atomic mass is 9.73. The van der Waals surface area contributed by atoms with E-state index in [0.717, 1.165) is 24.3 Å². The molecule has 0 amide bonds. The fourth-order valence-corrected chi connectivity index (χ4v) is 6.76. The first-order valence-corrected chi connectivity index (χ1v) is 12.2. The highest BCUT2D eigenvalue weighted by Gasteiger charge is 2.57. The second kappa shape index (κ2) is 8.01. The van der Waals surface area contributed by atoms with Crippen molar-refractivity contribution in [1.29, 1.82) is 0 Å². The van der Waals surface area contributed by atoms with Crippen LogP contribution in [-0.2, 0) is 11.8 Å². The van der Waals surface area contributed by atoms with Gasteiger partial charge in [0.1, 0.15) is 0 Å². The standard InChI is InChI=1S/C29H41NO2/c1-18(2)22-11-10-12-23(19(3)4)27(22)30-20(5)29(17-28(30,6)7)14-13-21-15-25(31-8)26(32-9)16-24(21)29/h10-12,15-16,18-20H,13-14,17H2,1-9H3. The van der Waals surface area contributed by atoms with Crippen molar-refractivity contribution in [3.63, 3.8) is 0 Å². The highest BCUT2D eigenvalue weighted by atomic mass is 16.5. The molecule has 0 radical (unpaired) electrons. The van der Waals surface area contributed by atoms with Crippen LogP contribution < -0.4 is 14.4 Å². The second-order valence-electron chi connectivity index (χ2n) is 11.2. The van der Waals surface area contributed by atoms with Crippen LogP contribution in [0, 0.1) is 0 Å². The van der Waals surface area contributed by atoms with E-state index in [2.05, 4.69) is 83.7 Å². The summed E-state index contributed by atoms with van der Waals surface area (Å²) in [6.45, 7) is 16.7. The Bertz CT molecular complexity index is 980. The van der Waals surface area contributed by atoms with Gasteiger partial charge in [0.2, 0.25) is 0 Å². The van der Waals surface area contributed by atoms with Gasteiger partial charge in [-0.15, -0.1) is 0 Å². The molecule has 2 aliphatic rings. The number of hydrogen-bond donors (Lipinski definition) is 0. The molecule has 2 atom stereocenters. The SMILES string of the molecule is COc1cc2c(cc1OC)C1(CC2)CC(C)(C)N(c2c(C(C)C)cccc2C(C)C)C1C. The first-order chi connectivity index (χ1) is 15.1. The van der Waals surface area contributed by atoms with Crippen molar-refractivity contribution in [2.75, 3.05) is 19.1 Å². The molecule has 32 heavy (non-hydrogen) atoms. The van der Waals surface area contributed by atoms with Crippen LogP contribution in [-0.4, -0.2) is 25.8 Å². The number of nitrogens with zero attached hydrogens (tertiary/aromatic N) is 1. The predicted octanol–water partition coefficient (Wildman–Crippen LogP) is 7.21. The zero-order valence-corrected chi connectivity index (χ0v) is 21.5. The van der Waals surface area contributed by atoms with Crippen molar-refractivity contribution < 1.29 is 9.47 Å². The van der Waals surface area contributed by atoms with Gasteiger partial charge in [-0.2, -0.15) is 0 Å². The molecule has 1 saturated heterocycles. The average molecular weight is 436 g/mol. The molecule has 0 aromatic heterocycles. The van der Waals surface area contributed by atoms with Gasteiger partial charge in [-0.25, -0.2) is 0 Å². The molecule has 1 fully saturated rings. The minimum atomic E-state index is 0.0584. The molecule has 174 valence electrons. The van der Waals surface area contributed by atoms with E-state index in [1.54, 1.807) is 14.2 Å². The van der Waals surface area contributed by atoms with Crippen LogP contribution in [0.2, 0.25) is 0 Å².